The molecule has 0 unspecified atom stereocenters. The Balaban J connectivity index is 1.42. The van der Waals surface area contributed by atoms with Gasteiger partial charge >= 0.3 is 0 Å². The lowest BCUT2D eigenvalue weighted by atomic mass is 9.89. The standard InChI is InChI=1S/C20H22N4O3/c1-11-17(12(2)27-23-11)19(26)24-9-13-7-8-20(15(13)10-24)21-16-6-4-3-5-14(16)18(25)22-20/h3-6,13,15,21H,7-10H2,1-2H3,(H,22,25)/t13-,15+,20+/m1/s1. The summed E-state index contributed by atoms with van der Waals surface area (Å²) in [7, 11) is 0. The summed E-state index contributed by atoms with van der Waals surface area (Å²) in [5, 5.41) is 10.7. The molecule has 1 aliphatic carbocycles. The summed E-state index contributed by atoms with van der Waals surface area (Å²) < 4.78 is 5.17. The van der Waals surface area contributed by atoms with Crippen molar-refractivity contribution in [3.05, 3.63) is 46.8 Å². The highest BCUT2D eigenvalue weighted by Gasteiger charge is 2.55. The molecule has 5 rings (SSSR count). The topological polar surface area (TPSA) is 87.5 Å². The average molecular weight is 366 g/mol. The van der Waals surface area contributed by atoms with Crippen molar-refractivity contribution in [3.8, 4) is 0 Å². The number of carbonyl (C=O) groups is 2. The van der Waals surface area contributed by atoms with E-state index < -0.39 is 5.66 Å². The van der Waals surface area contributed by atoms with Crippen LogP contribution in [0.4, 0.5) is 5.69 Å². The molecule has 3 aliphatic rings. The zero-order valence-corrected chi connectivity index (χ0v) is 15.4. The Kier molecular flexibility index (Phi) is 3.38. The number of nitrogens with zero attached hydrogens (tertiary/aromatic N) is 2. The molecule has 1 aromatic heterocycles. The van der Waals surface area contributed by atoms with Crippen LogP contribution in [0, 0.1) is 25.7 Å². The molecule has 0 radical (unpaired) electrons. The van der Waals surface area contributed by atoms with E-state index in [-0.39, 0.29) is 17.7 Å². The fourth-order valence-corrected chi connectivity index (χ4v) is 5.07. The van der Waals surface area contributed by atoms with Crippen LogP contribution >= 0.6 is 0 Å². The van der Waals surface area contributed by atoms with Crippen molar-refractivity contribution in [1.82, 2.24) is 15.4 Å². The van der Waals surface area contributed by atoms with E-state index >= 15 is 0 Å². The van der Waals surface area contributed by atoms with Crippen LogP contribution < -0.4 is 10.6 Å². The molecule has 2 aliphatic heterocycles. The molecule has 7 heteroatoms. The first kappa shape index (κ1) is 16.4. The van der Waals surface area contributed by atoms with Gasteiger partial charge in [0, 0.05) is 24.7 Å². The number of rotatable bonds is 1. The molecule has 2 amide bonds. The molecular formula is C20H22N4O3. The van der Waals surface area contributed by atoms with Crippen LogP contribution in [0.15, 0.2) is 28.8 Å². The first-order valence-electron chi connectivity index (χ1n) is 9.40. The van der Waals surface area contributed by atoms with Gasteiger partial charge in [0.2, 0.25) is 0 Å². The molecule has 2 N–H and O–H groups in total. The average Bonchev–Trinajstić information content (AvgIpc) is 3.31. The Labute approximate surface area is 157 Å². The van der Waals surface area contributed by atoms with E-state index in [2.05, 4.69) is 15.8 Å². The van der Waals surface area contributed by atoms with Gasteiger partial charge in [-0.15, -0.1) is 0 Å². The summed E-state index contributed by atoms with van der Waals surface area (Å²) >= 11 is 0. The van der Waals surface area contributed by atoms with Gasteiger partial charge in [-0.25, -0.2) is 0 Å². The second-order valence-electron chi connectivity index (χ2n) is 7.91. The number of hydrogen-bond donors (Lipinski definition) is 2. The van der Waals surface area contributed by atoms with Crippen LogP contribution in [0.5, 0.6) is 0 Å². The molecule has 2 aromatic rings. The number of aryl methyl sites for hydroxylation is 2. The molecule has 1 spiro atoms. The van der Waals surface area contributed by atoms with Gasteiger partial charge in [0.15, 0.2) is 0 Å². The van der Waals surface area contributed by atoms with Crippen LogP contribution in [0.3, 0.4) is 0 Å². The van der Waals surface area contributed by atoms with Crippen molar-refractivity contribution in [2.45, 2.75) is 32.4 Å². The van der Waals surface area contributed by atoms with E-state index in [9.17, 15) is 9.59 Å². The van der Waals surface area contributed by atoms with Gasteiger partial charge in [-0.05, 0) is 44.7 Å². The van der Waals surface area contributed by atoms with Crippen molar-refractivity contribution in [2.75, 3.05) is 18.4 Å². The van der Waals surface area contributed by atoms with E-state index in [0.717, 1.165) is 18.5 Å². The van der Waals surface area contributed by atoms with Gasteiger partial charge in [0.1, 0.15) is 17.0 Å². The van der Waals surface area contributed by atoms with E-state index in [0.29, 0.717) is 41.6 Å². The van der Waals surface area contributed by atoms with Crippen molar-refractivity contribution in [3.63, 3.8) is 0 Å². The molecule has 140 valence electrons. The molecule has 27 heavy (non-hydrogen) atoms. The van der Waals surface area contributed by atoms with Crippen molar-refractivity contribution < 1.29 is 14.1 Å². The SMILES string of the molecule is Cc1noc(C)c1C(=O)N1C[C@H]2CC[C@]3(NC(=O)c4ccccc4N3)[C@H]2C1. The molecule has 1 saturated carbocycles. The minimum absolute atomic E-state index is 0.0293. The Hall–Kier alpha value is -2.83. The summed E-state index contributed by atoms with van der Waals surface area (Å²) in [4.78, 5) is 27.6. The van der Waals surface area contributed by atoms with Crippen LogP contribution in [0.2, 0.25) is 0 Å². The molecular weight excluding hydrogens is 344 g/mol. The predicted molar refractivity (Wildman–Crippen MR) is 98.4 cm³/mol. The third kappa shape index (κ3) is 2.30. The molecule has 1 aromatic carbocycles. The van der Waals surface area contributed by atoms with Crippen LogP contribution in [-0.4, -0.2) is 40.6 Å². The predicted octanol–water partition coefficient (Wildman–Crippen LogP) is 2.33. The van der Waals surface area contributed by atoms with Gasteiger partial charge in [0.05, 0.1) is 11.3 Å². The minimum atomic E-state index is -0.482. The summed E-state index contributed by atoms with van der Waals surface area (Å²) in [5.74, 6) is 1.04. The zero-order chi connectivity index (χ0) is 18.8. The Morgan fingerprint density at radius 3 is 2.85 bits per heavy atom. The number of aromatic nitrogens is 1. The van der Waals surface area contributed by atoms with Crippen LogP contribution in [0.25, 0.3) is 0 Å². The molecule has 0 bridgehead atoms. The highest BCUT2D eigenvalue weighted by atomic mass is 16.5. The Morgan fingerprint density at radius 1 is 1.26 bits per heavy atom. The van der Waals surface area contributed by atoms with Gasteiger partial charge in [0.25, 0.3) is 11.8 Å². The number of benzene rings is 1. The second kappa shape index (κ2) is 5.58. The van der Waals surface area contributed by atoms with E-state index in [1.165, 1.54) is 0 Å². The number of anilines is 1. The first-order chi connectivity index (χ1) is 13.0. The number of likely N-dealkylation sites (tertiary alicyclic amines) is 1. The quantitative estimate of drug-likeness (QED) is 0.809. The fourth-order valence-electron chi connectivity index (χ4n) is 5.07. The summed E-state index contributed by atoms with van der Waals surface area (Å²) in [6.45, 7) is 4.88. The summed E-state index contributed by atoms with van der Waals surface area (Å²) in [6.07, 6.45) is 1.85. The number of fused-ring (bicyclic) bond motifs is 3. The number of para-hydroxylation sites is 1. The van der Waals surface area contributed by atoms with Crippen LogP contribution in [-0.2, 0) is 0 Å². The molecule has 3 heterocycles. The maximum atomic E-state index is 13.0. The smallest absolute Gasteiger partial charge is 0.259 e. The Morgan fingerprint density at radius 2 is 2.07 bits per heavy atom. The van der Waals surface area contributed by atoms with Crippen LogP contribution in [0.1, 0.15) is 45.0 Å². The van der Waals surface area contributed by atoms with Crippen molar-refractivity contribution in [1.29, 1.82) is 0 Å². The van der Waals surface area contributed by atoms with Gasteiger partial charge in [-0.3, -0.25) is 9.59 Å². The van der Waals surface area contributed by atoms with Gasteiger partial charge in [-0.2, -0.15) is 0 Å². The lowest BCUT2D eigenvalue weighted by Crippen LogP contribution is -2.61. The maximum Gasteiger partial charge on any atom is 0.259 e. The van der Waals surface area contributed by atoms with E-state index in [1.54, 1.807) is 13.8 Å². The van der Waals surface area contributed by atoms with Gasteiger partial charge in [-0.1, -0.05) is 17.3 Å². The molecule has 7 nitrogen and oxygen atoms in total. The number of carbonyl (C=O) groups excluding carboxylic acids is 2. The van der Waals surface area contributed by atoms with E-state index in [1.807, 2.05) is 29.2 Å². The monoisotopic (exact) mass is 366 g/mol. The number of amides is 2. The molecule has 1 saturated heterocycles. The van der Waals surface area contributed by atoms with Crippen molar-refractivity contribution >= 4 is 17.5 Å². The lowest BCUT2D eigenvalue weighted by Gasteiger charge is -2.42. The highest BCUT2D eigenvalue weighted by molar-refractivity contribution is 6.02. The lowest BCUT2D eigenvalue weighted by molar-refractivity contribution is 0.0765. The second-order valence-corrected chi connectivity index (χ2v) is 7.91. The van der Waals surface area contributed by atoms with Crippen molar-refractivity contribution in [2.24, 2.45) is 11.8 Å². The molecule has 3 atom stereocenters. The Bertz CT molecular complexity index is 933. The van der Waals surface area contributed by atoms with E-state index in [4.69, 9.17) is 4.52 Å². The third-order valence-corrected chi connectivity index (χ3v) is 6.38. The van der Waals surface area contributed by atoms with Gasteiger partial charge < -0.3 is 20.1 Å². The minimum Gasteiger partial charge on any atom is -0.362 e. The highest BCUT2D eigenvalue weighted by Crippen LogP contribution is 2.47. The molecule has 2 fully saturated rings. The first-order valence-corrected chi connectivity index (χ1v) is 9.40. The summed E-state index contributed by atoms with van der Waals surface area (Å²) in [5.41, 5.74) is 2.26. The largest absolute Gasteiger partial charge is 0.362 e. The normalized spacial score (nSPS) is 28.7. The zero-order valence-electron chi connectivity index (χ0n) is 15.4. The summed E-state index contributed by atoms with van der Waals surface area (Å²) in [6, 6.07) is 7.59. The number of nitrogens with one attached hydrogen (secondary N) is 2. The fraction of sp³-hybridized carbons (Fsp3) is 0.450. The maximum absolute atomic E-state index is 13.0. The third-order valence-electron chi connectivity index (χ3n) is 6.38. The number of hydrogen-bond acceptors (Lipinski definition) is 5.